The summed E-state index contributed by atoms with van der Waals surface area (Å²) < 4.78 is 33.4. The van der Waals surface area contributed by atoms with Crippen LogP contribution in [0.5, 0.6) is 0 Å². The van der Waals surface area contributed by atoms with Crippen LogP contribution in [0.1, 0.15) is 0 Å². The summed E-state index contributed by atoms with van der Waals surface area (Å²) in [5.41, 5.74) is 1.57. The van der Waals surface area contributed by atoms with Crippen LogP contribution in [0, 0.1) is 11.3 Å². The first-order chi connectivity index (χ1) is 14.2. The lowest BCUT2D eigenvalue weighted by molar-refractivity contribution is -0.192. The Morgan fingerprint density at radius 3 is 2.57 bits per heavy atom. The average molecular weight is 419 g/mol. The van der Waals surface area contributed by atoms with Gasteiger partial charge in [-0.1, -0.05) is 0 Å². The number of aromatic nitrogens is 5. The van der Waals surface area contributed by atoms with Crippen LogP contribution in [0.4, 0.5) is 13.2 Å². The molecule has 1 fully saturated rings. The molecule has 3 N–H and O–H groups in total. The van der Waals surface area contributed by atoms with E-state index in [1.807, 2.05) is 12.1 Å². The van der Waals surface area contributed by atoms with E-state index in [0.717, 1.165) is 22.3 Å². The summed E-state index contributed by atoms with van der Waals surface area (Å²) in [5, 5.41) is 24.6. The molecule has 0 unspecified atom stereocenters. The van der Waals surface area contributed by atoms with Crippen LogP contribution in [0.25, 0.3) is 22.3 Å². The number of aliphatic carboxylic acids is 1. The van der Waals surface area contributed by atoms with Gasteiger partial charge in [-0.2, -0.15) is 23.5 Å². The third-order valence-corrected chi connectivity index (χ3v) is 4.41. The summed E-state index contributed by atoms with van der Waals surface area (Å²) in [7, 11) is 0. The number of nitriles is 1. The second kappa shape index (κ2) is 7.78. The fourth-order valence-electron chi connectivity index (χ4n) is 2.82. The Hall–Kier alpha value is -4.01. The number of carbonyl (C=O) groups is 1. The van der Waals surface area contributed by atoms with Crippen molar-refractivity contribution < 1.29 is 27.9 Å². The number of H-pyrrole nitrogens is 1. The minimum atomic E-state index is -5.08. The van der Waals surface area contributed by atoms with Gasteiger partial charge in [0.2, 0.25) is 0 Å². The van der Waals surface area contributed by atoms with Crippen LogP contribution < -0.4 is 5.32 Å². The Bertz CT molecular complexity index is 1180. The maximum atomic E-state index is 11.1. The molecule has 1 aliphatic rings. The van der Waals surface area contributed by atoms with E-state index in [9.17, 15) is 23.2 Å². The number of rotatable bonds is 3. The molecule has 0 aliphatic carbocycles. The number of nitrogens with zero attached hydrogens (tertiary/aromatic N) is 5. The van der Waals surface area contributed by atoms with E-state index < -0.39 is 17.7 Å². The van der Waals surface area contributed by atoms with Gasteiger partial charge >= 0.3 is 12.1 Å². The Morgan fingerprint density at radius 1 is 1.33 bits per heavy atom. The largest absolute Gasteiger partial charge is 0.490 e. The van der Waals surface area contributed by atoms with Gasteiger partial charge in [-0.25, -0.2) is 19.6 Å². The molecule has 1 saturated heterocycles. The van der Waals surface area contributed by atoms with Crippen molar-refractivity contribution in [3.05, 3.63) is 36.6 Å². The maximum Gasteiger partial charge on any atom is 0.490 e. The molecular weight excluding hydrogens is 407 g/mol. The van der Waals surface area contributed by atoms with Gasteiger partial charge in [0.25, 0.3) is 0 Å². The van der Waals surface area contributed by atoms with Gasteiger partial charge in [0.1, 0.15) is 35.1 Å². The Balaban J connectivity index is 0.000000318. The predicted molar refractivity (Wildman–Crippen MR) is 94.5 cm³/mol. The maximum absolute atomic E-state index is 11.1. The third-order valence-electron chi connectivity index (χ3n) is 4.41. The molecule has 0 saturated carbocycles. The summed E-state index contributed by atoms with van der Waals surface area (Å²) >= 11 is 0. The molecule has 0 radical (unpaired) electrons. The van der Waals surface area contributed by atoms with E-state index >= 15 is 0 Å². The highest BCUT2D eigenvalue weighted by molar-refractivity contribution is 5.90. The monoisotopic (exact) mass is 419 g/mol. The minimum absolute atomic E-state index is 0.0420. The van der Waals surface area contributed by atoms with Crippen molar-refractivity contribution in [3.63, 3.8) is 0 Å². The first-order valence-electron chi connectivity index (χ1n) is 8.23. The van der Waals surface area contributed by atoms with Gasteiger partial charge in [-0.3, -0.25) is 4.68 Å². The van der Waals surface area contributed by atoms with Gasteiger partial charge in [-0.05, 0) is 6.07 Å². The number of halogens is 3. The van der Waals surface area contributed by atoms with Gasteiger partial charge in [0.05, 0.1) is 11.9 Å². The number of carbonyl (C=O) groups excluding carboxylic acids is 1. The van der Waals surface area contributed by atoms with Crippen LogP contribution in [-0.4, -0.2) is 61.0 Å². The van der Waals surface area contributed by atoms with Crippen molar-refractivity contribution in [1.29, 1.82) is 5.26 Å². The molecule has 0 amide bonds. The number of hydrogen-bond acceptors (Lipinski definition) is 7. The van der Waals surface area contributed by atoms with Crippen molar-refractivity contribution in [2.24, 2.45) is 0 Å². The zero-order valence-corrected chi connectivity index (χ0v) is 14.9. The normalized spacial score (nSPS) is 14.6. The first-order valence-corrected chi connectivity index (χ1v) is 8.23. The van der Waals surface area contributed by atoms with E-state index in [2.05, 4.69) is 25.4 Å². The number of hydrogen-bond donors (Lipinski definition) is 3. The molecule has 4 rings (SSSR count). The van der Waals surface area contributed by atoms with Crippen molar-refractivity contribution >= 4 is 22.9 Å². The number of aromatic amines is 1. The molecular formula is C17H12F3N7O3. The topological polar surface area (TPSA) is 150 Å². The molecule has 154 valence electrons. The number of nitrogens with one attached hydrogen (secondary N) is 2. The zero-order valence-electron chi connectivity index (χ0n) is 14.9. The van der Waals surface area contributed by atoms with Crippen molar-refractivity contribution in [2.75, 3.05) is 13.1 Å². The summed E-state index contributed by atoms with van der Waals surface area (Å²) in [6.45, 7) is 0.936. The van der Waals surface area contributed by atoms with Crippen LogP contribution in [0.3, 0.4) is 0 Å². The molecule has 0 aromatic carbocycles. The molecule has 3 aromatic heterocycles. The van der Waals surface area contributed by atoms with Gasteiger partial charge in [0, 0.05) is 36.4 Å². The van der Waals surface area contributed by atoms with E-state index in [-0.39, 0.29) is 5.57 Å². The quantitative estimate of drug-likeness (QED) is 0.421. The standard InChI is InChI=1S/C15H11N7O.C2HF3O2/c16-3-11(6-23)15(7-17-8-15)22-5-10(4-21-22)13-12-1-2-18-14(12)20-9-19-13;3-2(4,5)1(6)7/h1-2,4-5,9,17H,7-8H2,(H,18,19,20);(H,6,7). The van der Waals surface area contributed by atoms with Crippen LogP contribution in [0.15, 0.2) is 36.6 Å². The number of carboxylic acids is 1. The van der Waals surface area contributed by atoms with E-state index in [4.69, 9.17) is 9.90 Å². The summed E-state index contributed by atoms with van der Waals surface area (Å²) in [4.78, 5) is 31.5. The molecule has 13 heteroatoms. The summed E-state index contributed by atoms with van der Waals surface area (Å²) in [6, 6.07) is 3.83. The lowest BCUT2D eigenvalue weighted by Gasteiger charge is -2.40. The first kappa shape index (κ1) is 20.7. The van der Waals surface area contributed by atoms with Gasteiger partial charge in [-0.15, -0.1) is 0 Å². The molecule has 0 spiro atoms. The number of fused-ring (bicyclic) bond motifs is 1. The highest BCUT2D eigenvalue weighted by atomic mass is 19.4. The Labute approximate surface area is 165 Å². The second-order valence-corrected chi connectivity index (χ2v) is 6.16. The minimum Gasteiger partial charge on any atom is -0.475 e. The van der Waals surface area contributed by atoms with Gasteiger partial charge in [0.15, 0.2) is 0 Å². The molecule has 10 nitrogen and oxygen atoms in total. The zero-order chi connectivity index (χ0) is 21.9. The average Bonchev–Trinajstić information content (AvgIpc) is 3.33. The molecule has 3 aromatic rings. The molecule has 0 atom stereocenters. The summed E-state index contributed by atoms with van der Waals surface area (Å²) in [6.07, 6.45) is 1.67. The molecule has 0 bridgehead atoms. The lowest BCUT2D eigenvalue weighted by Crippen LogP contribution is -2.61. The van der Waals surface area contributed by atoms with E-state index in [1.165, 1.54) is 6.33 Å². The molecule has 30 heavy (non-hydrogen) atoms. The fraction of sp³-hybridized carbons (Fsp3) is 0.235. The highest BCUT2D eigenvalue weighted by Crippen LogP contribution is 2.31. The van der Waals surface area contributed by atoms with Crippen LogP contribution in [0.2, 0.25) is 0 Å². The lowest BCUT2D eigenvalue weighted by atomic mass is 9.85. The van der Waals surface area contributed by atoms with Crippen molar-refractivity contribution in [1.82, 2.24) is 30.0 Å². The second-order valence-electron chi connectivity index (χ2n) is 6.16. The molecule has 1 aliphatic heterocycles. The summed E-state index contributed by atoms with van der Waals surface area (Å²) in [5.74, 6) is -1.02. The van der Waals surface area contributed by atoms with E-state index in [0.29, 0.717) is 13.1 Å². The van der Waals surface area contributed by atoms with Crippen molar-refractivity contribution in [3.8, 4) is 17.3 Å². The predicted octanol–water partition coefficient (Wildman–Crippen LogP) is 1.03. The highest BCUT2D eigenvalue weighted by Gasteiger charge is 2.45. The van der Waals surface area contributed by atoms with Crippen LogP contribution in [-0.2, 0) is 15.1 Å². The SMILES string of the molecule is N#CC(=C=O)C1(n2cc(-c3ncnc4[nH]ccc34)cn2)CNC1.O=C(O)C(F)(F)F. The number of carboxylic acid groups (broad SMARTS) is 1. The Morgan fingerprint density at radius 2 is 2.03 bits per heavy atom. The van der Waals surface area contributed by atoms with Gasteiger partial charge < -0.3 is 15.4 Å². The fourth-order valence-corrected chi connectivity index (χ4v) is 2.82. The van der Waals surface area contributed by atoms with E-state index in [1.54, 1.807) is 29.2 Å². The third kappa shape index (κ3) is 3.64. The Kier molecular flexibility index (Phi) is 5.37. The molecule has 4 heterocycles. The van der Waals surface area contributed by atoms with Crippen molar-refractivity contribution in [2.45, 2.75) is 11.7 Å². The smallest absolute Gasteiger partial charge is 0.475 e. The van der Waals surface area contributed by atoms with Crippen LogP contribution >= 0.6 is 0 Å². The number of alkyl halides is 3.